The maximum Gasteiger partial charge on any atom is 0.261 e. The Labute approximate surface area is 172 Å². The van der Waals surface area contributed by atoms with E-state index in [1.807, 2.05) is 0 Å². The summed E-state index contributed by atoms with van der Waals surface area (Å²) in [4.78, 5) is 17.2. The quantitative estimate of drug-likeness (QED) is 0.642. The van der Waals surface area contributed by atoms with Crippen molar-refractivity contribution >= 4 is 21.6 Å². The number of sulfonamides is 1. The molecule has 1 saturated heterocycles. The van der Waals surface area contributed by atoms with Crippen molar-refractivity contribution in [2.75, 3.05) is 51.0 Å². The molecular formula is C21H28N4O3S. The van der Waals surface area contributed by atoms with E-state index in [0.29, 0.717) is 17.8 Å². The van der Waals surface area contributed by atoms with Gasteiger partial charge in [-0.15, -0.1) is 0 Å². The Hall–Kier alpha value is -2.42. The lowest BCUT2D eigenvalue weighted by Crippen LogP contribution is -2.45. The predicted molar refractivity (Wildman–Crippen MR) is 115 cm³/mol. The molecule has 29 heavy (non-hydrogen) atoms. The second kappa shape index (κ2) is 9.87. The van der Waals surface area contributed by atoms with Crippen LogP contribution >= 0.6 is 0 Å². The van der Waals surface area contributed by atoms with Crippen LogP contribution < -0.4 is 10.0 Å². The zero-order valence-electron chi connectivity index (χ0n) is 16.7. The van der Waals surface area contributed by atoms with E-state index in [2.05, 4.69) is 26.9 Å². The number of hydrogen-bond acceptors (Lipinski definition) is 5. The lowest BCUT2D eigenvalue weighted by Gasteiger charge is -2.32. The normalized spacial score (nSPS) is 15.8. The molecule has 0 radical (unpaired) electrons. The Bertz CT molecular complexity index is 893. The smallest absolute Gasteiger partial charge is 0.261 e. The number of piperazine rings is 1. The Morgan fingerprint density at radius 2 is 1.62 bits per heavy atom. The lowest BCUT2D eigenvalue weighted by molar-refractivity contribution is 0.0949. The van der Waals surface area contributed by atoms with Crippen molar-refractivity contribution in [2.24, 2.45) is 0 Å². The summed E-state index contributed by atoms with van der Waals surface area (Å²) in [7, 11) is -1.50. The molecule has 1 aliphatic rings. The minimum absolute atomic E-state index is 0.152. The number of anilines is 1. The number of rotatable bonds is 8. The Morgan fingerprint density at radius 1 is 0.966 bits per heavy atom. The minimum Gasteiger partial charge on any atom is -0.352 e. The Balaban J connectivity index is 1.45. The van der Waals surface area contributed by atoms with Gasteiger partial charge in [-0.05, 0) is 56.4 Å². The highest BCUT2D eigenvalue weighted by Gasteiger charge is 2.15. The molecule has 156 valence electrons. The van der Waals surface area contributed by atoms with Crippen LogP contribution in [0.4, 0.5) is 5.69 Å². The molecule has 1 aliphatic heterocycles. The van der Waals surface area contributed by atoms with Gasteiger partial charge in [0, 0.05) is 44.0 Å². The first-order valence-corrected chi connectivity index (χ1v) is 11.3. The fourth-order valence-corrected chi connectivity index (χ4v) is 4.26. The first kappa shape index (κ1) is 21.3. The molecular weight excluding hydrogens is 388 g/mol. The molecule has 2 aromatic carbocycles. The summed E-state index contributed by atoms with van der Waals surface area (Å²) in [6.07, 6.45) is 0.907. The highest BCUT2D eigenvalue weighted by molar-refractivity contribution is 7.92. The molecule has 0 aromatic heterocycles. The summed E-state index contributed by atoms with van der Waals surface area (Å²) in [6, 6.07) is 14.6. The lowest BCUT2D eigenvalue weighted by atomic mass is 10.2. The summed E-state index contributed by atoms with van der Waals surface area (Å²) in [5.74, 6) is -0.152. The number of carbonyl (C=O) groups excluding carboxylic acids is 1. The van der Waals surface area contributed by atoms with Crippen LogP contribution in [0.5, 0.6) is 0 Å². The molecule has 2 aromatic rings. The van der Waals surface area contributed by atoms with Gasteiger partial charge in [0.15, 0.2) is 0 Å². The summed E-state index contributed by atoms with van der Waals surface area (Å²) in [5, 5.41) is 2.93. The summed E-state index contributed by atoms with van der Waals surface area (Å²) in [5.41, 5.74) is 0.924. The third-order valence-electron chi connectivity index (χ3n) is 4.99. The second-order valence-corrected chi connectivity index (χ2v) is 8.93. The summed E-state index contributed by atoms with van der Waals surface area (Å²) in [6.45, 7) is 5.93. The van der Waals surface area contributed by atoms with Gasteiger partial charge in [0.2, 0.25) is 0 Å². The number of likely N-dealkylation sites (N-methyl/N-ethyl adjacent to an activating group) is 1. The average Bonchev–Trinajstić information content (AvgIpc) is 2.73. The average molecular weight is 417 g/mol. The Kier molecular flexibility index (Phi) is 7.24. The van der Waals surface area contributed by atoms with Crippen molar-refractivity contribution < 1.29 is 13.2 Å². The van der Waals surface area contributed by atoms with Crippen LogP contribution in [0.2, 0.25) is 0 Å². The molecule has 1 fully saturated rings. The fraction of sp³-hybridized carbons (Fsp3) is 0.381. The van der Waals surface area contributed by atoms with Crippen LogP contribution in [0.3, 0.4) is 0 Å². The third-order valence-corrected chi connectivity index (χ3v) is 6.38. The standard InChI is InChI=1S/C21H28N4O3S/c1-24-14-16-25(17-15-24)13-5-12-22-21(26)18-8-10-19(11-9-18)23-29(27,28)20-6-3-2-4-7-20/h2-4,6-11,23H,5,12-17H2,1H3,(H,22,26). The fourth-order valence-electron chi connectivity index (χ4n) is 3.18. The third kappa shape index (κ3) is 6.28. The molecule has 1 amide bonds. The zero-order chi connectivity index (χ0) is 20.7. The van der Waals surface area contributed by atoms with Crippen LogP contribution in [0.15, 0.2) is 59.5 Å². The van der Waals surface area contributed by atoms with Crippen molar-refractivity contribution in [3.63, 3.8) is 0 Å². The van der Waals surface area contributed by atoms with Crippen LogP contribution in [-0.4, -0.2) is 70.4 Å². The number of hydrogen-bond donors (Lipinski definition) is 2. The van der Waals surface area contributed by atoms with Gasteiger partial charge < -0.3 is 15.1 Å². The van der Waals surface area contributed by atoms with Gasteiger partial charge in [0.25, 0.3) is 15.9 Å². The van der Waals surface area contributed by atoms with Crippen molar-refractivity contribution in [1.29, 1.82) is 0 Å². The van der Waals surface area contributed by atoms with E-state index in [9.17, 15) is 13.2 Å². The van der Waals surface area contributed by atoms with E-state index in [4.69, 9.17) is 0 Å². The molecule has 0 spiro atoms. The number of nitrogens with zero attached hydrogens (tertiary/aromatic N) is 2. The van der Waals surface area contributed by atoms with Crippen molar-refractivity contribution in [3.8, 4) is 0 Å². The van der Waals surface area contributed by atoms with Gasteiger partial charge in [-0.1, -0.05) is 18.2 Å². The van der Waals surface area contributed by atoms with Crippen LogP contribution in [0, 0.1) is 0 Å². The van der Waals surface area contributed by atoms with Crippen molar-refractivity contribution in [1.82, 2.24) is 15.1 Å². The molecule has 0 aliphatic carbocycles. The Morgan fingerprint density at radius 3 is 2.28 bits per heavy atom. The summed E-state index contributed by atoms with van der Waals surface area (Å²) >= 11 is 0. The van der Waals surface area contributed by atoms with E-state index in [-0.39, 0.29) is 10.8 Å². The summed E-state index contributed by atoms with van der Waals surface area (Å²) < 4.78 is 27.2. The molecule has 0 saturated carbocycles. The monoisotopic (exact) mass is 416 g/mol. The highest BCUT2D eigenvalue weighted by Crippen LogP contribution is 2.16. The topological polar surface area (TPSA) is 81.8 Å². The van der Waals surface area contributed by atoms with E-state index in [1.54, 1.807) is 42.5 Å². The molecule has 7 nitrogen and oxygen atoms in total. The number of amides is 1. The SMILES string of the molecule is CN1CCN(CCCNC(=O)c2ccc(NS(=O)(=O)c3ccccc3)cc2)CC1. The molecule has 0 atom stereocenters. The largest absolute Gasteiger partial charge is 0.352 e. The molecule has 3 rings (SSSR count). The van der Waals surface area contributed by atoms with Crippen LogP contribution in [-0.2, 0) is 10.0 Å². The molecule has 0 unspecified atom stereocenters. The number of benzene rings is 2. The first-order chi connectivity index (χ1) is 13.9. The maximum atomic E-state index is 12.3. The molecule has 2 N–H and O–H groups in total. The molecule has 1 heterocycles. The second-order valence-electron chi connectivity index (χ2n) is 7.25. The van der Waals surface area contributed by atoms with E-state index < -0.39 is 10.0 Å². The van der Waals surface area contributed by atoms with Gasteiger partial charge in [-0.3, -0.25) is 9.52 Å². The van der Waals surface area contributed by atoms with E-state index >= 15 is 0 Å². The highest BCUT2D eigenvalue weighted by atomic mass is 32.2. The number of carbonyl (C=O) groups is 1. The van der Waals surface area contributed by atoms with Crippen LogP contribution in [0.1, 0.15) is 16.8 Å². The van der Waals surface area contributed by atoms with Crippen LogP contribution in [0.25, 0.3) is 0 Å². The van der Waals surface area contributed by atoms with E-state index in [0.717, 1.165) is 39.1 Å². The number of nitrogens with one attached hydrogen (secondary N) is 2. The van der Waals surface area contributed by atoms with Gasteiger partial charge in [0.1, 0.15) is 0 Å². The van der Waals surface area contributed by atoms with Gasteiger partial charge in [-0.2, -0.15) is 0 Å². The van der Waals surface area contributed by atoms with E-state index in [1.165, 1.54) is 12.1 Å². The first-order valence-electron chi connectivity index (χ1n) is 9.81. The molecule has 0 bridgehead atoms. The maximum absolute atomic E-state index is 12.3. The van der Waals surface area contributed by atoms with Gasteiger partial charge >= 0.3 is 0 Å². The van der Waals surface area contributed by atoms with Crippen molar-refractivity contribution in [2.45, 2.75) is 11.3 Å². The molecule has 8 heteroatoms. The zero-order valence-corrected chi connectivity index (χ0v) is 17.5. The van der Waals surface area contributed by atoms with Gasteiger partial charge in [-0.25, -0.2) is 8.42 Å². The van der Waals surface area contributed by atoms with Gasteiger partial charge in [0.05, 0.1) is 4.90 Å². The minimum atomic E-state index is -3.64. The predicted octanol–water partition coefficient (Wildman–Crippen LogP) is 1.85. The van der Waals surface area contributed by atoms with Crippen molar-refractivity contribution in [3.05, 3.63) is 60.2 Å².